The number of ether oxygens (including phenoxy) is 1. The third kappa shape index (κ3) is 3.21. The van der Waals surface area contributed by atoms with Crippen LogP contribution < -0.4 is 4.74 Å². The minimum Gasteiger partial charge on any atom is -0.494 e. The highest BCUT2D eigenvalue weighted by Gasteiger charge is 2.12. The fourth-order valence-corrected chi connectivity index (χ4v) is 2.49. The van der Waals surface area contributed by atoms with E-state index < -0.39 is 0 Å². The molecule has 2 heterocycles. The number of nitrogens with zero attached hydrogens (tertiary/aromatic N) is 3. The number of para-hydroxylation sites is 1. The van der Waals surface area contributed by atoms with Crippen LogP contribution in [0.3, 0.4) is 0 Å². The van der Waals surface area contributed by atoms with Crippen LogP contribution in [0.4, 0.5) is 0 Å². The van der Waals surface area contributed by atoms with Crippen molar-refractivity contribution in [3.8, 4) is 5.75 Å². The molecule has 0 amide bonds. The van der Waals surface area contributed by atoms with Gasteiger partial charge in [0.05, 0.1) is 12.8 Å². The number of hydrogen-bond acceptors (Lipinski definition) is 4. The molecule has 0 radical (unpaired) electrons. The first-order valence-corrected chi connectivity index (χ1v) is 7.62. The highest BCUT2D eigenvalue weighted by atomic mass is 16.5. The Balaban J connectivity index is 2.12. The van der Waals surface area contributed by atoms with Crippen molar-refractivity contribution in [1.29, 1.82) is 0 Å². The minimum absolute atomic E-state index is 0.304. The van der Waals surface area contributed by atoms with Gasteiger partial charge in [-0.3, -0.25) is 4.98 Å². The van der Waals surface area contributed by atoms with Crippen LogP contribution in [0.1, 0.15) is 36.8 Å². The van der Waals surface area contributed by atoms with E-state index in [1.54, 1.807) is 13.3 Å². The van der Waals surface area contributed by atoms with Crippen molar-refractivity contribution in [1.82, 2.24) is 15.0 Å². The van der Waals surface area contributed by atoms with Gasteiger partial charge in [0.15, 0.2) is 5.82 Å². The molecule has 116 valence electrons. The fourth-order valence-electron chi connectivity index (χ4n) is 2.49. The predicted molar refractivity (Wildman–Crippen MR) is 93.3 cm³/mol. The van der Waals surface area contributed by atoms with Crippen molar-refractivity contribution in [3.63, 3.8) is 0 Å². The van der Waals surface area contributed by atoms with E-state index in [4.69, 9.17) is 9.72 Å². The summed E-state index contributed by atoms with van der Waals surface area (Å²) in [7, 11) is 1.66. The number of benzene rings is 1. The van der Waals surface area contributed by atoms with Gasteiger partial charge in [-0.25, -0.2) is 9.97 Å². The van der Waals surface area contributed by atoms with Gasteiger partial charge >= 0.3 is 0 Å². The van der Waals surface area contributed by atoms with E-state index >= 15 is 0 Å². The number of hydrogen-bond donors (Lipinski definition) is 0. The molecule has 0 spiro atoms. The smallest absolute Gasteiger partial charge is 0.153 e. The van der Waals surface area contributed by atoms with Crippen LogP contribution in [0.5, 0.6) is 5.75 Å². The van der Waals surface area contributed by atoms with Gasteiger partial charge in [-0.2, -0.15) is 0 Å². The molecule has 0 N–H and O–H groups in total. The molecule has 0 bridgehead atoms. The summed E-state index contributed by atoms with van der Waals surface area (Å²) >= 11 is 0. The molecule has 23 heavy (non-hydrogen) atoms. The van der Waals surface area contributed by atoms with Crippen molar-refractivity contribution in [2.75, 3.05) is 7.11 Å². The van der Waals surface area contributed by atoms with E-state index in [1.807, 2.05) is 48.7 Å². The lowest BCUT2D eigenvalue weighted by atomic mass is 10.0. The second-order valence-electron chi connectivity index (χ2n) is 5.60. The zero-order valence-electron chi connectivity index (χ0n) is 13.5. The summed E-state index contributed by atoms with van der Waals surface area (Å²) in [4.78, 5) is 13.5. The van der Waals surface area contributed by atoms with Gasteiger partial charge < -0.3 is 4.74 Å². The Morgan fingerprint density at radius 1 is 1.04 bits per heavy atom. The molecular formula is C19H19N3O. The fraction of sp³-hybridized carbons (Fsp3) is 0.211. The molecule has 4 heteroatoms. The molecule has 3 rings (SSSR count). The number of rotatable bonds is 4. The molecule has 0 unspecified atom stereocenters. The van der Waals surface area contributed by atoms with Crippen molar-refractivity contribution in [3.05, 3.63) is 59.8 Å². The summed E-state index contributed by atoms with van der Waals surface area (Å²) in [5.74, 6) is 1.75. The van der Waals surface area contributed by atoms with Gasteiger partial charge in [-0.15, -0.1) is 0 Å². The molecule has 0 aliphatic rings. The van der Waals surface area contributed by atoms with Crippen LogP contribution in [0.2, 0.25) is 0 Å². The monoisotopic (exact) mass is 305 g/mol. The van der Waals surface area contributed by atoms with Crippen LogP contribution in [0.15, 0.2) is 42.7 Å². The summed E-state index contributed by atoms with van der Waals surface area (Å²) < 4.78 is 5.46. The maximum absolute atomic E-state index is 5.46. The second kappa shape index (κ2) is 6.57. The van der Waals surface area contributed by atoms with E-state index in [-0.39, 0.29) is 0 Å². The lowest BCUT2D eigenvalue weighted by Crippen LogP contribution is -2.01. The van der Waals surface area contributed by atoms with Crippen molar-refractivity contribution < 1.29 is 4.74 Å². The molecule has 1 aromatic carbocycles. The third-order valence-corrected chi connectivity index (χ3v) is 3.61. The van der Waals surface area contributed by atoms with Crippen molar-refractivity contribution in [2.24, 2.45) is 0 Å². The first-order chi connectivity index (χ1) is 11.2. The molecule has 0 aliphatic carbocycles. The van der Waals surface area contributed by atoms with Crippen LogP contribution in [-0.2, 0) is 0 Å². The minimum atomic E-state index is 0.304. The summed E-state index contributed by atoms with van der Waals surface area (Å²) in [5.41, 5.74) is 2.89. The van der Waals surface area contributed by atoms with Crippen molar-refractivity contribution in [2.45, 2.75) is 19.8 Å². The molecule has 2 aromatic heterocycles. The summed E-state index contributed by atoms with van der Waals surface area (Å²) in [6.07, 6.45) is 7.44. The van der Waals surface area contributed by atoms with Gasteiger partial charge in [0.1, 0.15) is 11.3 Å². The van der Waals surface area contributed by atoms with Crippen LogP contribution in [0.25, 0.3) is 23.1 Å². The Morgan fingerprint density at radius 2 is 1.91 bits per heavy atom. The Bertz CT molecular complexity index is 842. The van der Waals surface area contributed by atoms with E-state index in [2.05, 4.69) is 23.8 Å². The Morgan fingerprint density at radius 3 is 2.61 bits per heavy atom. The Kier molecular flexibility index (Phi) is 4.33. The summed E-state index contributed by atoms with van der Waals surface area (Å²) in [5, 5.41) is 1.04. The Hall–Kier alpha value is -2.75. The van der Waals surface area contributed by atoms with Crippen LogP contribution >= 0.6 is 0 Å². The van der Waals surface area contributed by atoms with E-state index in [1.165, 1.54) is 0 Å². The average molecular weight is 305 g/mol. The zero-order valence-corrected chi connectivity index (χ0v) is 13.5. The van der Waals surface area contributed by atoms with Crippen molar-refractivity contribution >= 4 is 23.1 Å². The first kappa shape index (κ1) is 15.2. The van der Waals surface area contributed by atoms with Gasteiger partial charge in [-0.05, 0) is 35.8 Å². The molecule has 0 fully saturated rings. The quantitative estimate of drug-likeness (QED) is 0.720. The standard InChI is InChI=1S/C19H19N3O/c1-13(2)18-15-7-4-8-16(23-3)19(15)22-17(21-18)10-9-14-6-5-11-20-12-14/h4-13H,1-3H3/b10-9+. The first-order valence-electron chi connectivity index (χ1n) is 7.62. The Labute approximate surface area is 135 Å². The van der Waals surface area contributed by atoms with Gasteiger partial charge in [-0.1, -0.05) is 32.0 Å². The SMILES string of the molecule is COc1cccc2c(C(C)C)nc(/C=C/c3cccnc3)nc12. The van der Waals surface area contributed by atoms with E-state index in [0.717, 1.165) is 27.9 Å². The van der Waals surface area contributed by atoms with E-state index in [9.17, 15) is 0 Å². The number of aromatic nitrogens is 3. The van der Waals surface area contributed by atoms with Crippen LogP contribution in [0, 0.1) is 0 Å². The lowest BCUT2D eigenvalue weighted by Gasteiger charge is -2.12. The lowest BCUT2D eigenvalue weighted by molar-refractivity contribution is 0.418. The maximum atomic E-state index is 5.46. The summed E-state index contributed by atoms with van der Waals surface area (Å²) in [6, 6.07) is 9.84. The normalized spacial score (nSPS) is 11.5. The predicted octanol–water partition coefficient (Wildman–Crippen LogP) is 4.33. The van der Waals surface area contributed by atoms with Gasteiger partial charge in [0, 0.05) is 17.8 Å². The largest absolute Gasteiger partial charge is 0.494 e. The second-order valence-corrected chi connectivity index (χ2v) is 5.60. The van der Waals surface area contributed by atoms with E-state index in [0.29, 0.717) is 11.7 Å². The average Bonchev–Trinajstić information content (AvgIpc) is 2.59. The molecule has 0 aliphatic heterocycles. The summed E-state index contributed by atoms with van der Waals surface area (Å²) in [6.45, 7) is 4.27. The van der Waals surface area contributed by atoms with Crippen LogP contribution in [-0.4, -0.2) is 22.1 Å². The van der Waals surface area contributed by atoms with Gasteiger partial charge in [0.2, 0.25) is 0 Å². The molecule has 0 saturated carbocycles. The number of fused-ring (bicyclic) bond motifs is 1. The highest BCUT2D eigenvalue weighted by molar-refractivity contribution is 5.87. The number of pyridine rings is 1. The maximum Gasteiger partial charge on any atom is 0.153 e. The molecular weight excluding hydrogens is 286 g/mol. The molecule has 0 saturated heterocycles. The zero-order chi connectivity index (χ0) is 16.2. The molecule has 4 nitrogen and oxygen atoms in total. The molecule has 0 atom stereocenters. The van der Waals surface area contributed by atoms with Gasteiger partial charge in [0.25, 0.3) is 0 Å². The highest BCUT2D eigenvalue weighted by Crippen LogP contribution is 2.29. The molecule has 3 aromatic rings. The number of methoxy groups -OCH3 is 1. The topological polar surface area (TPSA) is 47.9 Å². The third-order valence-electron chi connectivity index (χ3n) is 3.61.